The Labute approximate surface area is 98.0 Å². The van der Waals surface area contributed by atoms with Crippen LogP contribution >= 0.6 is 0 Å². The van der Waals surface area contributed by atoms with E-state index < -0.39 is 10.2 Å². The van der Waals surface area contributed by atoms with Gasteiger partial charge in [-0.15, -0.1) is 0 Å². The normalized spacial score (nSPS) is 29.7. The van der Waals surface area contributed by atoms with Crippen LogP contribution in [0.5, 0.6) is 0 Å². The third-order valence-corrected chi connectivity index (χ3v) is 5.51. The van der Waals surface area contributed by atoms with Crippen molar-refractivity contribution in [2.24, 2.45) is 0 Å². The van der Waals surface area contributed by atoms with Crippen LogP contribution in [0.3, 0.4) is 0 Å². The smallest absolute Gasteiger partial charge is 0.282 e. The molecule has 0 bridgehead atoms. The number of hydrogen-bond donors (Lipinski definition) is 1. The lowest BCUT2D eigenvalue weighted by atomic mass is 10.1. The first-order chi connectivity index (χ1) is 7.64. The maximum Gasteiger partial charge on any atom is 0.282 e. The first kappa shape index (κ1) is 12.3. The van der Waals surface area contributed by atoms with Crippen LogP contribution in [0.2, 0.25) is 0 Å². The summed E-state index contributed by atoms with van der Waals surface area (Å²) in [6, 6.07) is 0.311. The van der Waals surface area contributed by atoms with Crippen molar-refractivity contribution in [2.45, 2.75) is 31.7 Å². The summed E-state index contributed by atoms with van der Waals surface area (Å²) in [6.07, 6.45) is 4.03. The van der Waals surface area contributed by atoms with Gasteiger partial charge in [-0.3, -0.25) is 0 Å². The first-order valence-electron chi connectivity index (χ1n) is 6.07. The molecule has 5 nitrogen and oxygen atoms in total. The maximum atomic E-state index is 12.3. The fraction of sp³-hybridized carbons (Fsp3) is 1.00. The standard InChI is InChI=1S/C10H21N3O2S/c1-11-10-5-4-8-13(9-10)16(14,15)12-6-2-3-7-12/h10-11H,2-9H2,1H3. The molecule has 2 saturated heterocycles. The van der Waals surface area contributed by atoms with E-state index in [-0.39, 0.29) is 0 Å². The Hall–Kier alpha value is -0.170. The molecule has 6 heteroatoms. The molecule has 1 atom stereocenters. The SMILES string of the molecule is CNC1CCCN(S(=O)(=O)N2CCCC2)C1. The average Bonchev–Trinajstić information content (AvgIpc) is 2.83. The van der Waals surface area contributed by atoms with Gasteiger partial charge in [0.1, 0.15) is 0 Å². The molecule has 0 saturated carbocycles. The van der Waals surface area contributed by atoms with E-state index in [1.165, 1.54) is 0 Å². The quantitative estimate of drug-likeness (QED) is 0.764. The number of hydrogen-bond acceptors (Lipinski definition) is 3. The second kappa shape index (κ2) is 5.00. The van der Waals surface area contributed by atoms with Gasteiger partial charge in [-0.1, -0.05) is 0 Å². The molecule has 2 fully saturated rings. The van der Waals surface area contributed by atoms with Gasteiger partial charge in [-0.25, -0.2) is 0 Å². The second-order valence-electron chi connectivity index (χ2n) is 4.60. The third-order valence-electron chi connectivity index (χ3n) is 3.51. The highest BCUT2D eigenvalue weighted by Crippen LogP contribution is 2.20. The molecular weight excluding hydrogens is 226 g/mol. The zero-order valence-electron chi connectivity index (χ0n) is 9.85. The van der Waals surface area contributed by atoms with Gasteiger partial charge < -0.3 is 5.32 Å². The highest BCUT2D eigenvalue weighted by Gasteiger charge is 2.34. The molecule has 0 aromatic carbocycles. The maximum absolute atomic E-state index is 12.3. The zero-order chi connectivity index (χ0) is 11.6. The minimum absolute atomic E-state index is 0.311. The summed E-state index contributed by atoms with van der Waals surface area (Å²) in [4.78, 5) is 0. The van der Waals surface area contributed by atoms with E-state index in [2.05, 4.69) is 5.32 Å². The zero-order valence-corrected chi connectivity index (χ0v) is 10.7. The van der Waals surface area contributed by atoms with E-state index in [1.54, 1.807) is 8.61 Å². The molecule has 1 unspecified atom stereocenters. The Morgan fingerprint density at radius 2 is 1.69 bits per heavy atom. The van der Waals surface area contributed by atoms with Crippen molar-refractivity contribution >= 4 is 10.2 Å². The lowest BCUT2D eigenvalue weighted by molar-refractivity contribution is 0.274. The molecule has 16 heavy (non-hydrogen) atoms. The number of nitrogens with one attached hydrogen (secondary N) is 1. The van der Waals surface area contributed by atoms with Gasteiger partial charge in [0.05, 0.1) is 0 Å². The molecule has 2 heterocycles. The summed E-state index contributed by atoms with van der Waals surface area (Å²) in [5.41, 5.74) is 0. The van der Waals surface area contributed by atoms with Crippen LogP contribution in [0, 0.1) is 0 Å². The molecule has 2 rings (SSSR count). The third kappa shape index (κ3) is 2.40. The van der Waals surface area contributed by atoms with Crippen LogP contribution in [0.4, 0.5) is 0 Å². The Balaban J connectivity index is 2.04. The molecule has 2 aliphatic heterocycles. The summed E-state index contributed by atoms with van der Waals surface area (Å²) in [5.74, 6) is 0. The molecule has 0 aromatic rings. The van der Waals surface area contributed by atoms with E-state index in [1.807, 2.05) is 7.05 Å². The Kier molecular flexibility index (Phi) is 3.84. The number of likely N-dealkylation sites (N-methyl/N-ethyl adjacent to an activating group) is 1. The van der Waals surface area contributed by atoms with Crippen LogP contribution in [0.25, 0.3) is 0 Å². The summed E-state index contributed by atoms with van der Waals surface area (Å²) in [6.45, 7) is 2.69. The summed E-state index contributed by atoms with van der Waals surface area (Å²) in [7, 11) is -1.28. The fourth-order valence-electron chi connectivity index (χ4n) is 2.47. The van der Waals surface area contributed by atoms with Crippen molar-refractivity contribution in [3.05, 3.63) is 0 Å². The van der Waals surface area contributed by atoms with E-state index in [0.717, 1.165) is 25.7 Å². The van der Waals surface area contributed by atoms with Crippen LogP contribution in [0.1, 0.15) is 25.7 Å². The topological polar surface area (TPSA) is 52.7 Å². The van der Waals surface area contributed by atoms with Gasteiger partial charge in [0, 0.05) is 32.2 Å². The predicted molar refractivity (Wildman–Crippen MR) is 63.4 cm³/mol. The van der Waals surface area contributed by atoms with Gasteiger partial charge >= 0.3 is 0 Å². The van der Waals surface area contributed by atoms with Crippen LogP contribution in [-0.2, 0) is 10.2 Å². The van der Waals surface area contributed by atoms with Crippen molar-refractivity contribution in [2.75, 3.05) is 33.2 Å². The average molecular weight is 247 g/mol. The van der Waals surface area contributed by atoms with Crippen LogP contribution in [-0.4, -0.2) is 56.3 Å². The van der Waals surface area contributed by atoms with Crippen molar-refractivity contribution in [1.82, 2.24) is 13.9 Å². The summed E-state index contributed by atoms with van der Waals surface area (Å²) < 4.78 is 27.8. The minimum Gasteiger partial charge on any atom is -0.316 e. The molecule has 0 spiro atoms. The summed E-state index contributed by atoms with van der Waals surface area (Å²) in [5, 5.41) is 3.17. The van der Waals surface area contributed by atoms with Crippen LogP contribution in [0.15, 0.2) is 0 Å². The van der Waals surface area contributed by atoms with Crippen molar-refractivity contribution in [3.8, 4) is 0 Å². The minimum atomic E-state index is -3.18. The molecule has 0 aliphatic carbocycles. The van der Waals surface area contributed by atoms with Crippen LogP contribution < -0.4 is 5.32 Å². The second-order valence-corrected chi connectivity index (χ2v) is 6.53. The highest BCUT2D eigenvalue weighted by molar-refractivity contribution is 7.86. The van der Waals surface area contributed by atoms with Crippen molar-refractivity contribution < 1.29 is 8.42 Å². The first-order valence-corrected chi connectivity index (χ1v) is 7.47. The van der Waals surface area contributed by atoms with Crippen molar-refractivity contribution in [1.29, 1.82) is 0 Å². The van der Waals surface area contributed by atoms with Gasteiger partial charge in [0.25, 0.3) is 10.2 Å². The number of nitrogens with zero attached hydrogens (tertiary/aromatic N) is 2. The van der Waals surface area contributed by atoms with Gasteiger partial charge in [0.2, 0.25) is 0 Å². The van der Waals surface area contributed by atoms with E-state index in [4.69, 9.17) is 0 Å². The van der Waals surface area contributed by atoms with Gasteiger partial charge in [-0.2, -0.15) is 17.0 Å². The summed E-state index contributed by atoms with van der Waals surface area (Å²) >= 11 is 0. The number of piperidine rings is 1. The molecule has 94 valence electrons. The highest BCUT2D eigenvalue weighted by atomic mass is 32.2. The fourth-order valence-corrected chi connectivity index (χ4v) is 4.24. The Bertz CT molecular complexity index is 325. The molecule has 2 aliphatic rings. The predicted octanol–water partition coefficient (Wildman–Crippen LogP) is 0.0108. The van der Waals surface area contributed by atoms with E-state index in [0.29, 0.717) is 32.2 Å². The molecule has 0 aromatic heterocycles. The van der Waals surface area contributed by atoms with E-state index >= 15 is 0 Å². The molecule has 0 radical (unpaired) electrons. The van der Waals surface area contributed by atoms with Crippen molar-refractivity contribution in [3.63, 3.8) is 0 Å². The van der Waals surface area contributed by atoms with Gasteiger partial charge in [-0.05, 0) is 32.7 Å². The molecule has 1 N–H and O–H groups in total. The lowest BCUT2D eigenvalue weighted by Crippen LogP contribution is -2.51. The Morgan fingerprint density at radius 1 is 1.06 bits per heavy atom. The monoisotopic (exact) mass is 247 g/mol. The molecular formula is C10H21N3O2S. The number of rotatable bonds is 3. The lowest BCUT2D eigenvalue weighted by Gasteiger charge is -2.34. The largest absolute Gasteiger partial charge is 0.316 e. The van der Waals surface area contributed by atoms with Gasteiger partial charge in [0.15, 0.2) is 0 Å². The van der Waals surface area contributed by atoms with E-state index in [9.17, 15) is 8.42 Å². The Morgan fingerprint density at radius 3 is 2.31 bits per heavy atom. The molecule has 0 amide bonds.